The van der Waals surface area contributed by atoms with Crippen LogP contribution in [0.3, 0.4) is 0 Å². The number of rotatable bonds is 0. The Morgan fingerprint density at radius 1 is 0.750 bits per heavy atom. The van der Waals surface area contributed by atoms with E-state index in [2.05, 4.69) is 26.0 Å². The van der Waals surface area contributed by atoms with Gasteiger partial charge in [-0.3, -0.25) is 0 Å². The summed E-state index contributed by atoms with van der Waals surface area (Å²) in [5, 5.41) is 0. The molecule has 0 radical (unpaired) electrons. The van der Waals surface area contributed by atoms with Gasteiger partial charge in [-0.05, 0) is 26.7 Å². The molecule has 0 saturated heterocycles. The largest absolute Gasteiger partial charge is 0.0810 e. The van der Waals surface area contributed by atoms with E-state index in [4.69, 9.17) is 0 Å². The van der Waals surface area contributed by atoms with Crippen molar-refractivity contribution in [2.75, 3.05) is 0 Å². The number of hydrogen-bond donors (Lipinski definition) is 0. The van der Waals surface area contributed by atoms with Crippen molar-refractivity contribution < 1.29 is 0 Å². The van der Waals surface area contributed by atoms with Crippen molar-refractivity contribution >= 4 is 0 Å². The van der Waals surface area contributed by atoms with Crippen LogP contribution in [0, 0.1) is 0 Å². The molecule has 0 fully saturated rings. The Morgan fingerprint density at radius 2 is 1.00 bits per heavy atom. The van der Waals surface area contributed by atoms with Crippen molar-refractivity contribution in [1.29, 1.82) is 0 Å². The molecule has 72 valence electrons. The summed E-state index contributed by atoms with van der Waals surface area (Å²) in [6.45, 7) is 12.3. The maximum Gasteiger partial charge on any atom is -0.0310 e. The molecule has 0 nitrogen and oxygen atoms in total. The van der Waals surface area contributed by atoms with Crippen molar-refractivity contribution in [2.24, 2.45) is 0 Å². The van der Waals surface area contributed by atoms with E-state index < -0.39 is 0 Å². The highest BCUT2D eigenvalue weighted by Crippen LogP contribution is 2.16. The van der Waals surface area contributed by atoms with Crippen LogP contribution >= 0.6 is 0 Å². The van der Waals surface area contributed by atoms with Crippen LogP contribution in [0.4, 0.5) is 0 Å². The first kappa shape index (κ1) is 14.0. The molecule has 0 atom stereocenters. The highest BCUT2D eigenvalue weighted by Gasteiger charge is 1.95. The van der Waals surface area contributed by atoms with Gasteiger partial charge < -0.3 is 0 Å². The van der Waals surface area contributed by atoms with Crippen molar-refractivity contribution in [3.63, 3.8) is 0 Å². The predicted octanol–water partition coefficient (Wildman–Crippen LogP) is 4.73. The van der Waals surface area contributed by atoms with Gasteiger partial charge in [-0.25, -0.2) is 0 Å². The molecule has 0 saturated carbocycles. The molecule has 1 aliphatic carbocycles. The van der Waals surface area contributed by atoms with Gasteiger partial charge in [0.1, 0.15) is 0 Å². The Labute approximate surface area is 78.4 Å². The quantitative estimate of drug-likeness (QED) is 0.490. The Morgan fingerprint density at radius 3 is 1.17 bits per heavy atom. The van der Waals surface area contributed by atoms with Crippen LogP contribution < -0.4 is 0 Å². The third-order valence-corrected chi connectivity index (χ3v) is 1.69. The molecule has 0 amide bonds. The monoisotopic (exact) mass is 168 g/mol. The molecule has 0 aromatic heterocycles. The summed E-state index contributed by atoms with van der Waals surface area (Å²) < 4.78 is 0. The van der Waals surface area contributed by atoms with Gasteiger partial charge in [0.25, 0.3) is 0 Å². The van der Waals surface area contributed by atoms with Crippen LogP contribution in [0.15, 0.2) is 23.3 Å². The Balaban J connectivity index is 0. The van der Waals surface area contributed by atoms with E-state index in [-0.39, 0.29) is 0 Å². The van der Waals surface area contributed by atoms with Crippen molar-refractivity contribution in [1.82, 2.24) is 0 Å². The van der Waals surface area contributed by atoms with E-state index in [0.29, 0.717) is 0 Å². The number of hydrogen-bond acceptors (Lipinski definition) is 0. The lowest BCUT2D eigenvalue weighted by molar-refractivity contribution is 0.990. The van der Waals surface area contributed by atoms with E-state index in [1.807, 2.05) is 27.7 Å². The zero-order valence-electron chi connectivity index (χ0n) is 9.57. The molecule has 0 N–H and O–H groups in total. The third kappa shape index (κ3) is 6.21. The lowest BCUT2D eigenvalue weighted by Gasteiger charge is -2.05. The van der Waals surface area contributed by atoms with Crippen LogP contribution in [0.5, 0.6) is 0 Å². The van der Waals surface area contributed by atoms with E-state index in [9.17, 15) is 0 Å². The highest BCUT2D eigenvalue weighted by molar-refractivity contribution is 5.29. The molecule has 0 bridgehead atoms. The van der Waals surface area contributed by atoms with Gasteiger partial charge in [-0.1, -0.05) is 51.0 Å². The molecule has 1 aliphatic rings. The van der Waals surface area contributed by atoms with Gasteiger partial charge in [-0.2, -0.15) is 0 Å². The van der Waals surface area contributed by atoms with Gasteiger partial charge in [0.15, 0.2) is 0 Å². The molecule has 0 heteroatoms. The molecule has 0 aliphatic heterocycles. The minimum absolute atomic E-state index is 1.24. The molecular weight excluding hydrogens is 144 g/mol. The SMILES string of the molecule is CC.CC.CC1=CCCC=C1C. The summed E-state index contributed by atoms with van der Waals surface area (Å²) in [5.41, 5.74) is 2.91. The summed E-state index contributed by atoms with van der Waals surface area (Å²) in [7, 11) is 0. The first-order chi connectivity index (χ1) is 5.80. The molecule has 0 spiro atoms. The average molecular weight is 168 g/mol. The zero-order valence-corrected chi connectivity index (χ0v) is 9.57. The van der Waals surface area contributed by atoms with Crippen LogP contribution in [-0.4, -0.2) is 0 Å². The second-order valence-corrected chi connectivity index (χ2v) is 2.35. The Hall–Kier alpha value is -0.520. The van der Waals surface area contributed by atoms with Crippen molar-refractivity contribution in [3.05, 3.63) is 23.3 Å². The van der Waals surface area contributed by atoms with Crippen molar-refractivity contribution in [2.45, 2.75) is 54.4 Å². The lowest BCUT2D eigenvalue weighted by Crippen LogP contribution is -1.85. The third-order valence-electron chi connectivity index (χ3n) is 1.69. The van der Waals surface area contributed by atoms with Crippen molar-refractivity contribution in [3.8, 4) is 0 Å². The summed E-state index contributed by atoms with van der Waals surface area (Å²) >= 11 is 0. The first-order valence-electron chi connectivity index (χ1n) is 5.14. The summed E-state index contributed by atoms with van der Waals surface area (Å²) in [6, 6.07) is 0. The second-order valence-electron chi connectivity index (χ2n) is 2.35. The van der Waals surface area contributed by atoms with Gasteiger partial charge >= 0.3 is 0 Å². The zero-order chi connectivity index (χ0) is 9.98. The molecule has 12 heavy (non-hydrogen) atoms. The van der Waals surface area contributed by atoms with E-state index in [1.54, 1.807) is 0 Å². The summed E-state index contributed by atoms with van der Waals surface area (Å²) in [4.78, 5) is 0. The molecule has 1 rings (SSSR count). The fourth-order valence-electron chi connectivity index (χ4n) is 0.922. The summed E-state index contributed by atoms with van der Waals surface area (Å²) in [6.07, 6.45) is 7.08. The molecule has 0 unspecified atom stereocenters. The molecular formula is C12H24. The lowest BCUT2D eigenvalue weighted by atomic mass is 10.0. The Bertz CT molecular complexity index is 120. The maximum atomic E-state index is 2.30. The van der Waals surface area contributed by atoms with E-state index in [0.717, 1.165) is 0 Å². The minimum Gasteiger partial charge on any atom is -0.0810 e. The molecule has 0 aromatic rings. The van der Waals surface area contributed by atoms with Gasteiger partial charge in [0, 0.05) is 0 Å². The predicted molar refractivity (Wildman–Crippen MR) is 59.4 cm³/mol. The van der Waals surface area contributed by atoms with Gasteiger partial charge in [0.2, 0.25) is 0 Å². The average Bonchev–Trinajstić information content (AvgIpc) is 2.17. The smallest absolute Gasteiger partial charge is 0.0310 e. The summed E-state index contributed by atoms with van der Waals surface area (Å²) in [5.74, 6) is 0. The normalized spacial score (nSPS) is 14.2. The number of allylic oxidation sites excluding steroid dienone is 4. The fraction of sp³-hybridized carbons (Fsp3) is 0.667. The fourth-order valence-corrected chi connectivity index (χ4v) is 0.922. The highest BCUT2D eigenvalue weighted by atomic mass is 14.0. The topological polar surface area (TPSA) is 0 Å². The van der Waals surface area contributed by atoms with Gasteiger partial charge in [-0.15, -0.1) is 0 Å². The van der Waals surface area contributed by atoms with Crippen LogP contribution in [0.25, 0.3) is 0 Å². The van der Waals surface area contributed by atoms with E-state index in [1.165, 1.54) is 24.0 Å². The van der Waals surface area contributed by atoms with Gasteiger partial charge in [0.05, 0.1) is 0 Å². The van der Waals surface area contributed by atoms with E-state index >= 15 is 0 Å². The maximum absolute atomic E-state index is 2.30. The molecule has 0 heterocycles. The van der Waals surface area contributed by atoms with Crippen LogP contribution in [0.1, 0.15) is 54.4 Å². The second kappa shape index (κ2) is 10.5. The standard InChI is InChI=1S/C8H12.2C2H6/c1-7-5-3-4-6-8(7)2;2*1-2/h5-6H,3-4H2,1-2H3;2*1-2H3. The molecule has 0 aromatic carbocycles. The van der Waals surface area contributed by atoms with Crippen LogP contribution in [-0.2, 0) is 0 Å². The Kier molecular flexibility index (Phi) is 12.3. The minimum atomic E-state index is 1.24. The first-order valence-corrected chi connectivity index (χ1v) is 5.14. The van der Waals surface area contributed by atoms with Crippen LogP contribution in [0.2, 0.25) is 0 Å².